The molecule has 0 aliphatic carbocycles. The molecule has 0 radical (unpaired) electrons. The van der Waals surface area contributed by atoms with Crippen LogP contribution in [0.2, 0.25) is 10.0 Å². The molecule has 1 aliphatic heterocycles. The molecule has 3 heterocycles. The fourth-order valence-corrected chi connectivity index (χ4v) is 3.96. The summed E-state index contributed by atoms with van der Waals surface area (Å²) in [6.07, 6.45) is 5.89. The number of benzene rings is 1. The summed E-state index contributed by atoms with van der Waals surface area (Å²) in [5, 5.41) is 15.5. The maximum absolute atomic E-state index is 6.38. The highest BCUT2D eigenvalue weighted by molar-refractivity contribution is 6.36. The van der Waals surface area contributed by atoms with Crippen molar-refractivity contribution in [2.75, 3.05) is 25.5 Å². The third-order valence-corrected chi connectivity index (χ3v) is 5.28. The minimum absolute atomic E-state index is 0.365. The number of rotatable bonds is 3. The fourth-order valence-electron chi connectivity index (χ4n) is 3.46. The summed E-state index contributed by atoms with van der Waals surface area (Å²) < 4.78 is 0. The van der Waals surface area contributed by atoms with Gasteiger partial charge in [-0.2, -0.15) is 0 Å². The average Bonchev–Trinajstić information content (AvgIpc) is 2.63. The molecule has 2 aromatic heterocycles. The van der Waals surface area contributed by atoms with Crippen LogP contribution in [0.1, 0.15) is 12.8 Å². The Morgan fingerprint density at radius 3 is 2.85 bits per heavy atom. The lowest BCUT2D eigenvalue weighted by molar-refractivity contribution is 0.261. The molecule has 1 saturated heterocycles. The van der Waals surface area contributed by atoms with Crippen LogP contribution in [0.25, 0.3) is 22.0 Å². The number of fused-ring (bicyclic) bond motifs is 1. The predicted molar refractivity (Wildman–Crippen MR) is 107 cm³/mol. The topological polar surface area (TPSA) is 53.9 Å². The molecule has 0 bridgehead atoms. The lowest BCUT2D eigenvalue weighted by Gasteiger charge is -2.30. The Bertz CT molecular complexity index is 946. The van der Waals surface area contributed by atoms with Gasteiger partial charge in [-0.1, -0.05) is 23.2 Å². The van der Waals surface area contributed by atoms with Crippen molar-refractivity contribution in [1.82, 2.24) is 20.1 Å². The first kappa shape index (κ1) is 17.5. The van der Waals surface area contributed by atoms with Gasteiger partial charge < -0.3 is 10.2 Å². The van der Waals surface area contributed by atoms with Crippen LogP contribution in [0.15, 0.2) is 36.7 Å². The molecule has 0 spiro atoms. The van der Waals surface area contributed by atoms with Crippen LogP contribution >= 0.6 is 23.2 Å². The monoisotopic (exact) mass is 387 g/mol. The molecule has 0 amide bonds. The van der Waals surface area contributed by atoms with Crippen molar-refractivity contribution in [3.8, 4) is 11.3 Å². The first-order valence-electron chi connectivity index (χ1n) is 8.63. The molecule has 1 unspecified atom stereocenters. The summed E-state index contributed by atoms with van der Waals surface area (Å²) in [4.78, 5) is 6.61. The number of hydrogen-bond acceptors (Lipinski definition) is 5. The molecular formula is C19H19Cl2N5. The van der Waals surface area contributed by atoms with Gasteiger partial charge in [0, 0.05) is 46.3 Å². The number of likely N-dealkylation sites (N-methyl/N-ethyl adjacent to an activating group) is 1. The van der Waals surface area contributed by atoms with E-state index < -0.39 is 0 Å². The first-order valence-corrected chi connectivity index (χ1v) is 9.38. The van der Waals surface area contributed by atoms with Crippen molar-refractivity contribution in [1.29, 1.82) is 0 Å². The van der Waals surface area contributed by atoms with Gasteiger partial charge in [-0.3, -0.25) is 4.98 Å². The average molecular weight is 388 g/mol. The van der Waals surface area contributed by atoms with Gasteiger partial charge in [0.1, 0.15) is 5.69 Å². The molecule has 1 aliphatic rings. The molecule has 7 heteroatoms. The van der Waals surface area contributed by atoms with Gasteiger partial charge in [-0.05, 0) is 50.7 Å². The van der Waals surface area contributed by atoms with Gasteiger partial charge >= 0.3 is 0 Å². The number of likely N-dealkylation sites (tertiary alicyclic amines) is 1. The van der Waals surface area contributed by atoms with Crippen molar-refractivity contribution in [2.45, 2.75) is 18.9 Å². The van der Waals surface area contributed by atoms with Crippen molar-refractivity contribution >= 4 is 39.8 Å². The highest BCUT2D eigenvalue weighted by Crippen LogP contribution is 2.34. The van der Waals surface area contributed by atoms with Gasteiger partial charge in [0.2, 0.25) is 0 Å². The summed E-state index contributed by atoms with van der Waals surface area (Å²) in [5.74, 6) is 0.788. The number of nitrogens with one attached hydrogen (secondary N) is 1. The van der Waals surface area contributed by atoms with Gasteiger partial charge in [0.25, 0.3) is 0 Å². The van der Waals surface area contributed by atoms with Gasteiger partial charge in [0.15, 0.2) is 5.82 Å². The maximum atomic E-state index is 6.38. The summed E-state index contributed by atoms with van der Waals surface area (Å²) in [5.41, 5.74) is 1.51. The Labute approximate surface area is 162 Å². The maximum Gasteiger partial charge on any atom is 0.156 e. The van der Waals surface area contributed by atoms with Crippen LogP contribution in [0, 0.1) is 0 Å². The number of pyridine rings is 1. The van der Waals surface area contributed by atoms with Crippen LogP contribution in [0.5, 0.6) is 0 Å². The standard InChI is InChI=1S/C19H19Cl2N5/c1-26-8-2-3-13(11-26)23-19-14-6-7-22-10-16(14)18(24-25-19)15-5-4-12(20)9-17(15)21/h4-7,9-10,13H,2-3,8,11H2,1H3,(H,23,25). The van der Waals surface area contributed by atoms with Crippen molar-refractivity contribution in [3.63, 3.8) is 0 Å². The van der Waals surface area contributed by atoms with Crippen LogP contribution in [0.3, 0.4) is 0 Å². The fraction of sp³-hybridized carbons (Fsp3) is 0.316. The van der Waals surface area contributed by atoms with Crippen molar-refractivity contribution < 1.29 is 0 Å². The van der Waals surface area contributed by atoms with E-state index in [0.29, 0.717) is 21.8 Å². The smallest absolute Gasteiger partial charge is 0.156 e. The van der Waals surface area contributed by atoms with Crippen LogP contribution in [0.4, 0.5) is 5.82 Å². The van der Waals surface area contributed by atoms with E-state index >= 15 is 0 Å². The molecule has 1 aromatic carbocycles. The summed E-state index contributed by atoms with van der Waals surface area (Å²) in [7, 11) is 2.15. The number of hydrogen-bond donors (Lipinski definition) is 1. The highest BCUT2D eigenvalue weighted by atomic mass is 35.5. The van der Waals surface area contributed by atoms with Gasteiger partial charge in [0.05, 0.1) is 5.02 Å². The zero-order valence-electron chi connectivity index (χ0n) is 14.4. The zero-order valence-corrected chi connectivity index (χ0v) is 15.9. The van der Waals surface area contributed by atoms with E-state index in [9.17, 15) is 0 Å². The van der Waals surface area contributed by atoms with E-state index in [-0.39, 0.29) is 0 Å². The SMILES string of the molecule is CN1CCCC(Nc2nnc(-c3ccc(Cl)cc3Cl)c3cnccc23)C1. The third kappa shape index (κ3) is 3.47. The summed E-state index contributed by atoms with van der Waals surface area (Å²) in [6.45, 7) is 2.14. The van der Waals surface area contributed by atoms with E-state index in [1.54, 1.807) is 18.3 Å². The Morgan fingerprint density at radius 2 is 2.04 bits per heavy atom. The normalized spacial score (nSPS) is 18.2. The number of anilines is 1. The molecule has 0 saturated carbocycles. The Morgan fingerprint density at radius 1 is 1.15 bits per heavy atom. The van der Waals surface area contributed by atoms with Crippen LogP contribution in [-0.4, -0.2) is 46.3 Å². The Hall–Kier alpha value is -1.95. The van der Waals surface area contributed by atoms with E-state index in [1.165, 1.54) is 6.42 Å². The molecule has 3 aromatic rings. The largest absolute Gasteiger partial charge is 0.364 e. The summed E-state index contributed by atoms with van der Waals surface area (Å²) >= 11 is 12.4. The highest BCUT2D eigenvalue weighted by Gasteiger charge is 2.20. The molecule has 5 nitrogen and oxygen atoms in total. The molecule has 1 atom stereocenters. The van der Waals surface area contributed by atoms with Gasteiger partial charge in [-0.25, -0.2) is 0 Å². The number of halogens is 2. The summed E-state index contributed by atoms with van der Waals surface area (Å²) in [6, 6.07) is 7.71. The van der Waals surface area contributed by atoms with Crippen molar-refractivity contribution in [2.24, 2.45) is 0 Å². The zero-order chi connectivity index (χ0) is 18.1. The minimum atomic E-state index is 0.365. The number of aromatic nitrogens is 3. The lowest BCUT2D eigenvalue weighted by Crippen LogP contribution is -2.40. The Kier molecular flexibility index (Phi) is 4.94. The quantitative estimate of drug-likeness (QED) is 0.716. The molecule has 4 rings (SSSR count). The first-order chi connectivity index (χ1) is 12.6. The number of nitrogens with zero attached hydrogens (tertiary/aromatic N) is 4. The van der Waals surface area contributed by atoms with E-state index in [4.69, 9.17) is 23.2 Å². The molecule has 1 N–H and O–H groups in total. The van der Waals surface area contributed by atoms with E-state index in [2.05, 4.69) is 32.4 Å². The second-order valence-electron chi connectivity index (χ2n) is 6.69. The third-order valence-electron chi connectivity index (χ3n) is 4.73. The second kappa shape index (κ2) is 7.35. The number of piperidine rings is 1. The van der Waals surface area contributed by atoms with Gasteiger partial charge in [-0.15, -0.1) is 10.2 Å². The predicted octanol–water partition coefficient (Wildman–Crippen LogP) is 4.50. The lowest BCUT2D eigenvalue weighted by atomic mass is 10.0. The molecule has 1 fully saturated rings. The molecular weight excluding hydrogens is 369 g/mol. The van der Waals surface area contributed by atoms with Crippen LogP contribution < -0.4 is 5.32 Å². The van der Waals surface area contributed by atoms with Crippen molar-refractivity contribution in [3.05, 3.63) is 46.7 Å². The Balaban J connectivity index is 1.76. The van der Waals surface area contributed by atoms with E-state index in [1.807, 2.05) is 18.3 Å². The molecule has 134 valence electrons. The minimum Gasteiger partial charge on any atom is -0.364 e. The second-order valence-corrected chi connectivity index (χ2v) is 7.53. The van der Waals surface area contributed by atoms with Crippen LogP contribution in [-0.2, 0) is 0 Å². The molecule has 26 heavy (non-hydrogen) atoms. The van der Waals surface area contributed by atoms with E-state index in [0.717, 1.165) is 41.7 Å².